The van der Waals surface area contributed by atoms with Crippen LogP contribution in [0.5, 0.6) is 0 Å². The number of amides is 1. The van der Waals surface area contributed by atoms with Crippen LogP contribution in [0.3, 0.4) is 0 Å². The zero-order chi connectivity index (χ0) is 14.1. The Balaban J connectivity index is 1.76. The van der Waals surface area contributed by atoms with E-state index in [-0.39, 0.29) is 11.8 Å². The molecule has 0 spiro atoms. The Labute approximate surface area is 120 Å². The summed E-state index contributed by atoms with van der Waals surface area (Å²) in [5.41, 5.74) is 2.48. The van der Waals surface area contributed by atoms with Gasteiger partial charge in [-0.3, -0.25) is 4.79 Å². The van der Waals surface area contributed by atoms with E-state index >= 15 is 0 Å². The van der Waals surface area contributed by atoms with Crippen molar-refractivity contribution in [3.05, 3.63) is 35.4 Å². The molecule has 1 N–H and O–H groups in total. The van der Waals surface area contributed by atoms with Gasteiger partial charge in [-0.15, -0.1) is 0 Å². The first-order chi connectivity index (χ1) is 9.66. The smallest absolute Gasteiger partial charge is 0.231 e. The van der Waals surface area contributed by atoms with Gasteiger partial charge in [0.25, 0.3) is 0 Å². The molecule has 3 rings (SSSR count). The standard InChI is InChI=1S/C16H23N3O/c1-18(2)13-7-8-19(11-13)16(20)15-10-17-9-12-5-3-4-6-14(12)15/h3-6,13,15,17H,7-11H2,1-2H3. The fourth-order valence-corrected chi connectivity index (χ4v) is 3.30. The monoisotopic (exact) mass is 273 g/mol. The van der Waals surface area contributed by atoms with E-state index in [1.54, 1.807) is 0 Å². The summed E-state index contributed by atoms with van der Waals surface area (Å²) in [7, 11) is 4.19. The molecule has 0 bridgehead atoms. The van der Waals surface area contributed by atoms with Crippen molar-refractivity contribution in [3.63, 3.8) is 0 Å². The van der Waals surface area contributed by atoms with Gasteiger partial charge in [-0.2, -0.15) is 0 Å². The third kappa shape index (κ3) is 2.45. The molecule has 20 heavy (non-hydrogen) atoms. The molecule has 1 aromatic rings. The van der Waals surface area contributed by atoms with Gasteiger partial charge in [-0.05, 0) is 31.6 Å². The SMILES string of the molecule is CN(C)C1CCN(C(=O)C2CNCc3ccccc32)C1. The number of nitrogens with one attached hydrogen (secondary N) is 1. The minimum absolute atomic E-state index is 0.0131. The van der Waals surface area contributed by atoms with Crippen molar-refractivity contribution >= 4 is 5.91 Å². The summed E-state index contributed by atoms with van der Waals surface area (Å²) in [6.07, 6.45) is 1.08. The van der Waals surface area contributed by atoms with Crippen LogP contribution in [0.15, 0.2) is 24.3 Å². The van der Waals surface area contributed by atoms with Crippen molar-refractivity contribution in [2.45, 2.75) is 24.9 Å². The maximum atomic E-state index is 12.8. The van der Waals surface area contributed by atoms with Crippen molar-refractivity contribution < 1.29 is 4.79 Å². The number of likely N-dealkylation sites (tertiary alicyclic amines) is 1. The molecule has 1 fully saturated rings. The summed E-state index contributed by atoms with van der Waals surface area (Å²) in [5.74, 6) is 0.273. The zero-order valence-corrected chi connectivity index (χ0v) is 12.3. The van der Waals surface area contributed by atoms with Crippen molar-refractivity contribution in [1.82, 2.24) is 15.1 Å². The molecule has 0 aromatic heterocycles. The van der Waals surface area contributed by atoms with Gasteiger partial charge in [0.1, 0.15) is 0 Å². The number of hydrogen-bond acceptors (Lipinski definition) is 3. The topological polar surface area (TPSA) is 35.6 Å². The Morgan fingerprint density at radius 1 is 1.35 bits per heavy atom. The van der Waals surface area contributed by atoms with Crippen LogP contribution in [-0.4, -0.2) is 55.5 Å². The fourth-order valence-electron chi connectivity index (χ4n) is 3.30. The largest absolute Gasteiger partial charge is 0.340 e. The van der Waals surface area contributed by atoms with Crippen LogP contribution in [-0.2, 0) is 11.3 Å². The number of benzene rings is 1. The van der Waals surface area contributed by atoms with Crippen LogP contribution >= 0.6 is 0 Å². The molecule has 0 saturated carbocycles. The molecule has 2 aliphatic rings. The zero-order valence-electron chi connectivity index (χ0n) is 12.3. The van der Waals surface area contributed by atoms with E-state index in [9.17, 15) is 4.79 Å². The molecule has 4 nitrogen and oxygen atoms in total. The maximum Gasteiger partial charge on any atom is 0.231 e. The number of nitrogens with zero attached hydrogens (tertiary/aromatic N) is 2. The normalized spacial score (nSPS) is 25.9. The van der Waals surface area contributed by atoms with Gasteiger partial charge in [0, 0.05) is 32.2 Å². The summed E-state index contributed by atoms with van der Waals surface area (Å²) in [4.78, 5) is 17.1. The van der Waals surface area contributed by atoms with E-state index in [1.165, 1.54) is 11.1 Å². The van der Waals surface area contributed by atoms with Gasteiger partial charge in [-0.25, -0.2) is 0 Å². The predicted molar refractivity (Wildman–Crippen MR) is 79.6 cm³/mol. The van der Waals surface area contributed by atoms with Crippen molar-refractivity contribution in [2.24, 2.45) is 0 Å². The second-order valence-electron chi connectivity index (χ2n) is 6.07. The second kappa shape index (κ2) is 5.54. The Kier molecular flexibility index (Phi) is 3.76. The van der Waals surface area contributed by atoms with Crippen LogP contribution in [0.4, 0.5) is 0 Å². The molecule has 0 aliphatic carbocycles. The van der Waals surface area contributed by atoms with E-state index in [0.29, 0.717) is 6.04 Å². The summed E-state index contributed by atoms with van der Waals surface area (Å²) >= 11 is 0. The van der Waals surface area contributed by atoms with E-state index in [4.69, 9.17) is 0 Å². The average Bonchev–Trinajstić information content (AvgIpc) is 2.96. The number of carbonyl (C=O) groups excluding carboxylic acids is 1. The summed E-state index contributed by atoms with van der Waals surface area (Å²) in [6, 6.07) is 8.82. The van der Waals surface area contributed by atoms with Crippen LogP contribution in [0.2, 0.25) is 0 Å². The van der Waals surface area contributed by atoms with Crippen molar-refractivity contribution in [1.29, 1.82) is 0 Å². The predicted octanol–water partition coefficient (Wildman–Crippen LogP) is 1.04. The fraction of sp³-hybridized carbons (Fsp3) is 0.562. The van der Waals surface area contributed by atoms with Gasteiger partial charge >= 0.3 is 0 Å². The lowest BCUT2D eigenvalue weighted by Crippen LogP contribution is -2.42. The van der Waals surface area contributed by atoms with E-state index in [2.05, 4.69) is 36.4 Å². The third-order valence-corrected chi connectivity index (χ3v) is 4.60. The van der Waals surface area contributed by atoms with Gasteiger partial charge in [-0.1, -0.05) is 24.3 Å². The number of fused-ring (bicyclic) bond motifs is 1. The average molecular weight is 273 g/mol. The molecule has 1 amide bonds. The van der Waals surface area contributed by atoms with Crippen LogP contribution < -0.4 is 5.32 Å². The van der Waals surface area contributed by atoms with E-state index < -0.39 is 0 Å². The van der Waals surface area contributed by atoms with Crippen molar-refractivity contribution in [3.8, 4) is 0 Å². The lowest BCUT2D eigenvalue weighted by Gasteiger charge is -2.29. The molecular formula is C16H23N3O. The first-order valence-electron chi connectivity index (χ1n) is 7.40. The second-order valence-corrected chi connectivity index (χ2v) is 6.07. The molecule has 4 heteroatoms. The number of likely N-dealkylation sites (N-methyl/N-ethyl adjacent to an activating group) is 1. The minimum Gasteiger partial charge on any atom is -0.340 e. The summed E-state index contributed by atoms with van der Waals surface area (Å²) in [6.45, 7) is 3.39. The molecule has 2 atom stereocenters. The quantitative estimate of drug-likeness (QED) is 0.874. The highest BCUT2D eigenvalue weighted by Gasteiger charge is 2.34. The Hall–Kier alpha value is -1.39. The Morgan fingerprint density at radius 2 is 2.15 bits per heavy atom. The molecule has 1 aromatic carbocycles. The molecule has 1 saturated heterocycles. The molecular weight excluding hydrogens is 250 g/mol. The molecule has 2 aliphatic heterocycles. The van der Waals surface area contributed by atoms with Gasteiger partial charge in [0.15, 0.2) is 0 Å². The first kappa shape index (κ1) is 13.6. The molecule has 108 valence electrons. The van der Waals surface area contributed by atoms with Crippen molar-refractivity contribution in [2.75, 3.05) is 33.7 Å². The highest BCUT2D eigenvalue weighted by molar-refractivity contribution is 5.85. The summed E-state index contributed by atoms with van der Waals surface area (Å²) in [5, 5.41) is 3.37. The van der Waals surface area contributed by atoms with Crippen LogP contribution in [0.1, 0.15) is 23.5 Å². The lowest BCUT2D eigenvalue weighted by atomic mass is 9.90. The number of carbonyl (C=O) groups is 1. The number of hydrogen-bond donors (Lipinski definition) is 1. The Morgan fingerprint density at radius 3 is 2.90 bits per heavy atom. The highest BCUT2D eigenvalue weighted by Crippen LogP contribution is 2.27. The van der Waals surface area contributed by atoms with Gasteiger partial charge < -0.3 is 15.1 Å². The van der Waals surface area contributed by atoms with E-state index in [0.717, 1.165) is 32.6 Å². The molecule has 2 unspecified atom stereocenters. The lowest BCUT2D eigenvalue weighted by molar-refractivity contribution is -0.132. The Bertz CT molecular complexity index is 500. The van der Waals surface area contributed by atoms with Crippen LogP contribution in [0.25, 0.3) is 0 Å². The van der Waals surface area contributed by atoms with E-state index in [1.807, 2.05) is 17.0 Å². The third-order valence-electron chi connectivity index (χ3n) is 4.60. The molecule has 2 heterocycles. The maximum absolute atomic E-state index is 12.8. The highest BCUT2D eigenvalue weighted by atomic mass is 16.2. The minimum atomic E-state index is -0.0131. The van der Waals surface area contributed by atoms with Crippen LogP contribution in [0, 0.1) is 0 Å². The van der Waals surface area contributed by atoms with Gasteiger partial charge in [0.2, 0.25) is 5.91 Å². The van der Waals surface area contributed by atoms with Gasteiger partial charge in [0.05, 0.1) is 5.92 Å². The first-order valence-corrected chi connectivity index (χ1v) is 7.40. The molecule has 0 radical (unpaired) electrons. The number of rotatable bonds is 2. The summed E-state index contributed by atoms with van der Waals surface area (Å²) < 4.78 is 0.